The molecule has 0 saturated carbocycles. The minimum atomic E-state index is -0.436. The number of benzene rings is 2. The van der Waals surface area contributed by atoms with Gasteiger partial charge in [0.1, 0.15) is 12.4 Å². The minimum absolute atomic E-state index is 0.137. The Hall–Kier alpha value is -3.03. The second kappa shape index (κ2) is 11.1. The van der Waals surface area contributed by atoms with Crippen molar-refractivity contribution in [3.63, 3.8) is 0 Å². The van der Waals surface area contributed by atoms with Crippen molar-refractivity contribution in [3.05, 3.63) is 69.8 Å². The lowest BCUT2D eigenvalue weighted by Crippen LogP contribution is -2.41. The van der Waals surface area contributed by atoms with Gasteiger partial charge in [-0.3, -0.25) is 4.79 Å². The van der Waals surface area contributed by atoms with Crippen LogP contribution in [0.15, 0.2) is 48.5 Å². The van der Waals surface area contributed by atoms with E-state index >= 15 is 0 Å². The topological polar surface area (TPSA) is 79.3 Å². The van der Waals surface area contributed by atoms with Crippen LogP contribution in [0.3, 0.4) is 0 Å². The van der Waals surface area contributed by atoms with E-state index in [1.54, 1.807) is 22.9 Å². The van der Waals surface area contributed by atoms with Crippen molar-refractivity contribution in [2.45, 2.75) is 46.5 Å². The van der Waals surface area contributed by atoms with Crippen LogP contribution in [0.2, 0.25) is 10.0 Å². The van der Waals surface area contributed by atoms with Crippen molar-refractivity contribution < 1.29 is 9.59 Å². The Labute approximate surface area is 216 Å². The third kappa shape index (κ3) is 6.77. The fourth-order valence-electron chi connectivity index (χ4n) is 3.39. The molecule has 0 fully saturated rings. The van der Waals surface area contributed by atoms with Crippen molar-refractivity contribution in [1.29, 1.82) is 0 Å². The average molecular weight is 516 g/mol. The standard InChI is InChI=1S/C26H31Cl2N5O2/c1-6-14-32(25(35)29-20-9-7-8-19(27)24(20)28)16-23(34)30-22-15-21(26(3,4)5)31-33(22)18-12-10-17(2)11-13-18/h7-13,15H,6,14,16H2,1-5H3,(H,29,35)(H,30,34). The van der Waals surface area contributed by atoms with Crippen LogP contribution in [0.25, 0.3) is 5.69 Å². The Morgan fingerprint density at radius 3 is 2.37 bits per heavy atom. The van der Waals surface area contributed by atoms with Gasteiger partial charge in [-0.25, -0.2) is 9.48 Å². The monoisotopic (exact) mass is 515 g/mol. The summed E-state index contributed by atoms with van der Waals surface area (Å²) in [6, 6.07) is 14.3. The maximum atomic E-state index is 13.1. The zero-order valence-electron chi connectivity index (χ0n) is 20.7. The molecule has 0 aliphatic carbocycles. The lowest BCUT2D eigenvalue weighted by atomic mass is 9.92. The summed E-state index contributed by atoms with van der Waals surface area (Å²) in [4.78, 5) is 27.4. The van der Waals surface area contributed by atoms with E-state index < -0.39 is 6.03 Å². The molecule has 0 atom stereocenters. The first-order chi connectivity index (χ1) is 16.5. The highest BCUT2D eigenvalue weighted by Crippen LogP contribution is 2.30. The van der Waals surface area contributed by atoms with E-state index in [0.717, 1.165) is 16.9 Å². The summed E-state index contributed by atoms with van der Waals surface area (Å²) in [7, 11) is 0. The number of nitrogens with zero attached hydrogens (tertiary/aromatic N) is 3. The summed E-state index contributed by atoms with van der Waals surface area (Å²) < 4.78 is 1.72. The average Bonchev–Trinajstić information content (AvgIpc) is 3.21. The highest BCUT2D eigenvalue weighted by atomic mass is 35.5. The van der Waals surface area contributed by atoms with Gasteiger partial charge in [0.05, 0.1) is 27.1 Å². The number of anilines is 2. The normalized spacial score (nSPS) is 11.3. The minimum Gasteiger partial charge on any atom is -0.315 e. The van der Waals surface area contributed by atoms with Crippen molar-refractivity contribution in [2.75, 3.05) is 23.7 Å². The number of hydrogen-bond acceptors (Lipinski definition) is 3. The summed E-state index contributed by atoms with van der Waals surface area (Å²) >= 11 is 12.3. The van der Waals surface area contributed by atoms with Gasteiger partial charge in [0.2, 0.25) is 5.91 Å². The molecule has 1 aromatic heterocycles. The fraction of sp³-hybridized carbons (Fsp3) is 0.346. The lowest BCUT2D eigenvalue weighted by molar-refractivity contribution is -0.116. The summed E-state index contributed by atoms with van der Waals surface area (Å²) in [5, 5.41) is 11.0. The van der Waals surface area contributed by atoms with Crippen molar-refractivity contribution >= 4 is 46.6 Å². The summed E-state index contributed by atoms with van der Waals surface area (Å²) in [5.41, 5.74) is 2.98. The number of amides is 3. The molecule has 2 N–H and O–H groups in total. The largest absolute Gasteiger partial charge is 0.322 e. The lowest BCUT2D eigenvalue weighted by Gasteiger charge is -2.22. The quantitative estimate of drug-likeness (QED) is 0.368. The first kappa shape index (κ1) is 26.6. The van der Waals surface area contributed by atoms with Crippen LogP contribution in [-0.4, -0.2) is 39.7 Å². The Morgan fingerprint density at radius 1 is 1.06 bits per heavy atom. The van der Waals surface area contributed by atoms with Crippen LogP contribution in [0.4, 0.5) is 16.3 Å². The molecule has 0 aliphatic heterocycles. The predicted molar refractivity (Wildman–Crippen MR) is 143 cm³/mol. The van der Waals surface area contributed by atoms with Gasteiger partial charge in [0, 0.05) is 18.0 Å². The summed E-state index contributed by atoms with van der Waals surface area (Å²) in [5.74, 6) is 0.207. The van der Waals surface area contributed by atoms with Gasteiger partial charge in [0.25, 0.3) is 0 Å². The van der Waals surface area contributed by atoms with Crippen LogP contribution in [0.1, 0.15) is 45.4 Å². The van der Waals surface area contributed by atoms with E-state index in [0.29, 0.717) is 29.5 Å². The summed E-state index contributed by atoms with van der Waals surface area (Å²) in [6.45, 7) is 10.4. The SMILES string of the molecule is CCCN(CC(=O)Nc1cc(C(C)(C)C)nn1-c1ccc(C)cc1)C(=O)Nc1cccc(Cl)c1Cl. The number of hydrogen-bond donors (Lipinski definition) is 2. The van der Waals surface area contributed by atoms with Gasteiger partial charge in [0.15, 0.2) is 0 Å². The molecule has 0 radical (unpaired) electrons. The molecule has 2 aromatic carbocycles. The molecule has 9 heteroatoms. The molecule has 0 spiro atoms. The van der Waals surface area contributed by atoms with E-state index in [2.05, 4.69) is 31.4 Å². The van der Waals surface area contributed by atoms with Gasteiger partial charge < -0.3 is 15.5 Å². The molecule has 0 unspecified atom stereocenters. The van der Waals surface area contributed by atoms with Crippen LogP contribution in [0, 0.1) is 6.92 Å². The Bertz CT molecular complexity index is 1200. The van der Waals surface area contributed by atoms with Crippen molar-refractivity contribution in [1.82, 2.24) is 14.7 Å². The smallest absolute Gasteiger partial charge is 0.315 e. The van der Waals surface area contributed by atoms with Gasteiger partial charge >= 0.3 is 6.03 Å². The molecule has 1 heterocycles. The van der Waals surface area contributed by atoms with E-state index in [9.17, 15) is 9.59 Å². The number of nitrogens with one attached hydrogen (secondary N) is 2. The molecule has 35 heavy (non-hydrogen) atoms. The van der Waals surface area contributed by atoms with E-state index in [4.69, 9.17) is 28.3 Å². The van der Waals surface area contributed by atoms with Crippen LogP contribution < -0.4 is 10.6 Å². The highest BCUT2D eigenvalue weighted by molar-refractivity contribution is 6.43. The number of aromatic nitrogens is 2. The third-order valence-electron chi connectivity index (χ3n) is 5.33. The zero-order valence-corrected chi connectivity index (χ0v) is 22.2. The van der Waals surface area contributed by atoms with Gasteiger partial charge in [-0.15, -0.1) is 0 Å². The molecular formula is C26H31Cl2N5O2. The van der Waals surface area contributed by atoms with Crippen LogP contribution >= 0.6 is 23.2 Å². The maximum absolute atomic E-state index is 13.1. The first-order valence-electron chi connectivity index (χ1n) is 11.5. The molecule has 0 saturated heterocycles. The number of carbonyl (C=O) groups is 2. The number of rotatable bonds is 7. The second-order valence-corrected chi connectivity index (χ2v) is 10.2. The predicted octanol–water partition coefficient (Wildman–Crippen LogP) is 6.67. The number of carbonyl (C=O) groups excluding carboxylic acids is 2. The van der Waals surface area contributed by atoms with E-state index in [-0.39, 0.29) is 22.9 Å². The summed E-state index contributed by atoms with van der Waals surface area (Å²) in [6.07, 6.45) is 0.680. The molecule has 3 rings (SSSR count). The molecule has 3 aromatic rings. The Morgan fingerprint density at radius 2 is 1.74 bits per heavy atom. The number of urea groups is 1. The van der Waals surface area contributed by atoms with Crippen molar-refractivity contribution in [2.24, 2.45) is 0 Å². The molecule has 186 valence electrons. The van der Waals surface area contributed by atoms with E-state index in [1.807, 2.05) is 44.2 Å². The molecular weight excluding hydrogens is 485 g/mol. The van der Waals surface area contributed by atoms with Gasteiger partial charge in [-0.2, -0.15) is 5.10 Å². The number of halogens is 2. The van der Waals surface area contributed by atoms with Crippen LogP contribution in [-0.2, 0) is 10.2 Å². The molecule has 0 bridgehead atoms. The highest BCUT2D eigenvalue weighted by Gasteiger charge is 2.23. The number of aryl methyl sites for hydroxylation is 1. The Kier molecular flexibility index (Phi) is 8.46. The second-order valence-electron chi connectivity index (χ2n) is 9.41. The fourth-order valence-corrected chi connectivity index (χ4v) is 3.74. The van der Waals surface area contributed by atoms with Gasteiger partial charge in [-0.1, -0.05) is 74.7 Å². The first-order valence-corrected chi connectivity index (χ1v) is 12.2. The third-order valence-corrected chi connectivity index (χ3v) is 6.15. The van der Waals surface area contributed by atoms with Crippen molar-refractivity contribution in [3.8, 4) is 5.69 Å². The molecule has 7 nitrogen and oxygen atoms in total. The Balaban J connectivity index is 1.80. The van der Waals surface area contributed by atoms with Crippen LogP contribution in [0.5, 0.6) is 0 Å². The molecule has 3 amide bonds. The molecule has 0 aliphatic rings. The zero-order chi connectivity index (χ0) is 25.8. The maximum Gasteiger partial charge on any atom is 0.322 e. The van der Waals surface area contributed by atoms with Gasteiger partial charge in [-0.05, 0) is 37.6 Å². The van der Waals surface area contributed by atoms with E-state index in [1.165, 1.54) is 4.90 Å².